The third-order valence-electron chi connectivity index (χ3n) is 5.79. The maximum Gasteiger partial charge on any atom is 0.250 e. The van der Waals surface area contributed by atoms with Crippen LogP contribution in [0.4, 0.5) is 0 Å². The molecule has 0 aliphatic rings. The fraction of sp³-hybridized carbons (Fsp3) is 0.650. The summed E-state index contributed by atoms with van der Waals surface area (Å²) in [6.07, 6.45) is 0.881. The molecule has 0 bridgehead atoms. The maximum absolute atomic E-state index is 11.2. The molecular weight excluding hydrogens is 344 g/mol. The summed E-state index contributed by atoms with van der Waals surface area (Å²) in [6.45, 7) is 22.8. The van der Waals surface area contributed by atoms with Crippen LogP contribution in [-0.4, -0.2) is 22.9 Å². The molecule has 0 fully saturated rings. The second kappa shape index (κ2) is 7.37. The molecule has 0 amide bonds. The van der Waals surface area contributed by atoms with Gasteiger partial charge in [-0.15, -0.1) is 0 Å². The maximum atomic E-state index is 11.2. The first-order valence-electron chi connectivity index (χ1n) is 9.02. The number of benzene rings is 1. The molecule has 142 valence electrons. The molecular formula is C20H36O3Si2. The van der Waals surface area contributed by atoms with Crippen LogP contribution < -0.4 is 4.43 Å². The van der Waals surface area contributed by atoms with E-state index in [-0.39, 0.29) is 10.1 Å². The molecule has 3 nitrogen and oxygen atoms in total. The number of aldehydes is 1. The van der Waals surface area contributed by atoms with E-state index in [4.69, 9.17) is 8.85 Å². The zero-order valence-electron chi connectivity index (χ0n) is 17.7. The predicted molar refractivity (Wildman–Crippen MR) is 112 cm³/mol. The number of carbonyl (C=O) groups is 1. The number of carbonyl (C=O) groups excluding carboxylic acids is 1. The summed E-state index contributed by atoms with van der Waals surface area (Å²) >= 11 is 0. The topological polar surface area (TPSA) is 35.5 Å². The van der Waals surface area contributed by atoms with Crippen molar-refractivity contribution in [2.24, 2.45) is 0 Å². The van der Waals surface area contributed by atoms with Gasteiger partial charge in [-0.25, -0.2) is 0 Å². The Morgan fingerprint density at radius 1 is 0.920 bits per heavy atom. The molecule has 0 atom stereocenters. The minimum absolute atomic E-state index is 0.119. The van der Waals surface area contributed by atoms with Crippen LogP contribution in [0.2, 0.25) is 36.3 Å². The lowest BCUT2D eigenvalue weighted by molar-refractivity contribution is 0.112. The van der Waals surface area contributed by atoms with Crippen molar-refractivity contribution in [3.8, 4) is 5.75 Å². The van der Waals surface area contributed by atoms with Crippen molar-refractivity contribution in [3.63, 3.8) is 0 Å². The van der Waals surface area contributed by atoms with Gasteiger partial charge in [-0.1, -0.05) is 41.5 Å². The van der Waals surface area contributed by atoms with E-state index in [2.05, 4.69) is 67.7 Å². The van der Waals surface area contributed by atoms with Gasteiger partial charge >= 0.3 is 0 Å². The lowest BCUT2D eigenvalue weighted by atomic mass is 10.1. The van der Waals surface area contributed by atoms with Gasteiger partial charge in [0, 0.05) is 11.1 Å². The minimum atomic E-state index is -1.95. The summed E-state index contributed by atoms with van der Waals surface area (Å²) in [6, 6.07) is 5.66. The van der Waals surface area contributed by atoms with Crippen molar-refractivity contribution < 1.29 is 13.6 Å². The number of rotatable bonds is 6. The third-order valence-corrected chi connectivity index (χ3v) is 14.6. The number of hydrogen-bond acceptors (Lipinski definition) is 3. The molecule has 1 rings (SSSR count). The van der Waals surface area contributed by atoms with Crippen molar-refractivity contribution in [2.75, 3.05) is 0 Å². The normalized spacial score (nSPS) is 13.7. The summed E-state index contributed by atoms with van der Waals surface area (Å²) in [5.41, 5.74) is 1.63. The lowest BCUT2D eigenvalue weighted by Gasteiger charge is -2.38. The van der Waals surface area contributed by atoms with E-state index in [1.807, 2.05) is 18.2 Å². The number of hydrogen-bond donors (Lipinski definition) is 0. The van der Waals surface area contributed by atoms with Crippen LogP contribution >= 0.6 is 0 Å². The van der Waals surface area contributed by atoms with Gasteiger partial charge in [0.15, 0.2) is 8.32 Å². The highest BCUT2D eigenvalue weighted by molar-refractivity contribution is 6.75. The van der Waals surface area contributed by atoms with E-state index >= 15 is 0 Å². The van der Waals surface area contributed by atoms with Gasteiger partial charge in [-0.3, -0.25) is 4.79 Å². The quantitative estimate of drug-likeness (QED) is 0.423. The molecule has 0 radical (unpaired) electrons. The molecule has 0 N–H and O–H groups in total. The van der Waals surface area contributed by atoms with E-state index in [0.717, 1.165) is 17.6 Å². The summed E-state index contributed by atoms with van der Waals surface area (Å²) in [4.78, 5) is 11.2. The summed E-state index contributed by atoms with van der Waals surface area (Å²) < 4.78 is 12.9. The first-order chi connectivity index (χ1) is 11.1. The smallest absolute Gasteiger partial charge is 0.250 e. The van der Waals surface area contributed by atoms with Gasteiger partial charge in [-0.2, -0.15) is 0 Å². The van der Waals surface area contributed by atoms with E-state index < -0.39 is 16.6 Å². The Balaban J connectivity index is 3.15. The molecule has 0 saturated heterocycles. The minimum Gasteiger partial charge on any atom is -0.543 e. The first-order valence-corrected chi connectivity index (χ1v) is 14.8. The van der Waals surface area contributed by atoms with Crippen LogP contribution in [-0.2, 0) is 11.0 Å². The van der Waals surface area contributed by atoms with Crippen molar-refractivity contribution >= 4 is 22.9 Å². The largest absolute Gasteiger partial charge is 0.543 e. The molecule has 1 aromatic rings. The highest BCUT2D eigenvalue weighted by Gasteiger charge is 2.40. The van der Waals surface area contributed by atoms with E-state index in [1.165, 1.54) is 0 Å². The molecule has 25 heavy (non-hydrogen) atoms. The second-order valence-electron chi connectivity index (χ2n) is 9.90. The van der Waals surface area contributed by atoms with Crippen LogP contribution in [0.3, 0.4) is 0 Å². The summed E-state index contributed by atoms with van der Waals surface area (Å²) in [7, 11) is -3.81. The molecule has 0 saturated carbocycles. The monoisotopic (exact) mass is 380 g/mol. The molecule has 0 aromatic heterocycles. The zero-order chi connectivity index (χ0) is 19.7. The molecule has 0 heterocycles. The summed E-state index contributed by atoms with van der Waals surface area (Å²) in [5, 5.41) is 0.267. The zero-order valence-corrected chi connectivity index (χ0v) is 19.7. The van der Waals surface area contributed by atoms with Crippen LogP contribution in [0.15, 0.2) is 18.2 Å². The highest BCUT2D eigenvalue weighted by Crippen LogP contribution is 2.40. The van der Waals surface area contributed by atoms with Crippen LogP contribution in [0, 0.1) is 0 Å². The molecule has 0 spiro atoms. The molecule has 5 heteroatoms. The molecule has 0 aliphatic heterocycles. The molecule has 0 unspecified atom stereocenters. The van der Waals surface area contributed by atoms with Gasteiger partial charge in [0.25, 0.3) is 0 Å². The van der Waals surface area contributed by atoms with Gasteiger partial charge in [-0.05, 0) is 54.5 Å². The SMILES string of the molecule is CC(C)(C)[Si](C)(C)OCc1cc(C=O)ccc1O[Si](C)(C)C(C)(C)C. The fourth-order valence-electron chi connectivity index (χ4n) is 1.79. The van der Waals surface area contributed by atoms with Crippen molar-refractivity contribution in [1.82, 2.24) is 0 Å². The van der Waals surface area contributed by atoms with E-state index in [9.17, 15) is 4.79 Å². The lowest BCUT2D eigenvalue weighted by Crippen LogP contribution is -2.44. The van der Waals surface area contributed by atoms with Crippen molar-refractivity contribution in [3.05, 3.63) is 29.3 Å². The van der Waals surface area contributed by atoms with Crippen LogP contribution in [0.25, 0.3) is 0 Å². The highest BCUT2D eigenvalue weighted by atomic mass is 28.4. The standard InChI is InChI=1S/C20H36O3Si2/c1-19(2,3)24(7,8)22-15-17-13-16(14-21)11-12-18(17)23-25(9,10)20(4,5)6/h11-14H,15H2,1-10H3. The Bertz CT molecular complexity index is 608. The Kier molecular flexibility index (Phi) is 6.52. The Hall–Kier alpha value is -0.916. The van der Waals surface area contributed by atoms with Gasteiger partial charge in [0.05, 0.1) is 6.61 Å². The van der Waals surface area contributed by atoms with Crippen LogP contribution in [0.5, 0.6) is 5.75 Å². The Labute approximate surface area is 156 Å². The van der Waals surface area contributed by atoms with Crippen molar-refractivity contribution in [2.45, 2.75) is 84.4 Å². The fourth-order valence-corrected chi connectivity index (χ4v) is 3.79. The average Bonchev–Trinajstić information content (AvgIpc) is 2.43. The Morgan fingerprint density at radius 3 is 1.88 bits per heavy atom. The van der Waals surface area contributed by atoms with Gasteiger partial charge in [0.1, 0.15) is 12.0 Å². The van der Waals surface area contributed by atoms with Crippen molar-refractivity contribution in [1.29, 1.82) is 0 Å². The molecule has 1 aromatic carbocycles. The summed E-state index contributed by atoms with van der Waals surface area (Å²) in [5.74, 6) is 0.857. The first kappa shape index (κ1) is 22.1. The van der Waals surface area contributed by atoms with Gasteiger partial charge < -0.3 is 8.85 Å². The average molecular weight is 381 g/mol. The third kappa shape index (κ3) is 5.53. The van der Waals surface area contributed by atoms with Gasteiger partial charge in [0.2, 0.25) is 8.32 Å². The van der Waals surface area contributed by atoms with Crippen LogP contribution in [0.1, 0.15) is 57.5 Å². The predicted octanol–water partition coefficient (Wildman–Crippen LogP) is 6.40. The van der Waals surface area contributed by atoms with E-state index in [1.54, 1.807) is 0 Å². The Morgan fingerprint density at radius 2 is 1.44 bits per heavy atom. The van der Waals surface area contributed by atoms with E-state index in [0.29, 0.717) is 12.2 Å². The molecule has 0 aliphatic carbocycles. The second-order valence-corrected chi connectivity index (χ2v) is 19.4.